The average Bonchev–Trinajstić information content (AvgIpc) is 2.48. The fraction of sp³-hybridized carbons (Fsp3) is 1.00. The van der Waals surface area contributed by atoms with Crippen LogP contribution >= 0.6 is 0 Å². The van der Waals surface area contributed by atoms with Crippen LogP contribution in [0.3, 0.4) is 0 Å². The lowest BCUT2D eigenvalue weighted by Gasteiger charge is -2.15. The summed E-state index contributed by atoms with van der Waals surface area (Å²) in [5.41, 5.74) is 0. The molecule has 15 heavy (non-hydrogen) atoms. The summed E-state index contributed by atoms with van der Waals surface area (Å²) in [4.78, 5) is 0. The summed E-state index contributed by atoms with van der Waals surface area (Å²) in [7, 11) is -3.03. The van der Waals surface area contributed by atoms with E-state index in [0.717, 1.165) is 6.54 Å². The van der Waals surface area contributed by atoms with E-state index in [0.29, 0.717) is 31.5 Å². The van der Waals surface area contributed by atoms with Crippen LogP contribution in [0.1, 0.15) is 20.8 Å². The average molecular weight is 234 g/mol. The molecule has 0 aromatic rings. The van der Waals surface area contributed by atoms with E-state index in [-0.39, 0.29) is 5.75 Å². The lowest BCUT2D eigenvalue weighted by atomic mass is 10.0. The van der Waals surface area contributed by atoms with Crippen molar-refractivity contribution < 1.29 is 8.42 Å². The molecule has 1 heterocycles. The summed E-state index contributed by atoms with van der Waals surface area (Å²) in [6.07, 6.45) is 0. The molecule has 0 bridgehead atoms. The zero-order valence-corrected chi connectivity index (χ0v) is 10.7. The van der Waals surface area contributed by atoms with Crippen molar-refractivity contribution in [2.24, 2.45) is 11.8 Å². The van der Waals surface area contributed by atoms with Crippen molar-refractivity contribution in [3.8, 4) is 0 Å². The molecular weight excluding hydrogens is 212 g/mol. The van der Waals surface area contributed by atoms with Gasteiger partial charge in [0.1, 0.15) is 0 Å². The predicted octanol–water partition coefficient (Wildman–Crippen LogP) is 0.514. The van der Waals surface area contributed by atoms with Gasteiger partial charge in [0.05, 0.1) is 5.75 Å². The van der Waals surface area contributed by atoms with Gasteiger partial charge >= 0.3 is 0 Å². The van der Waals surface area contributed by atoms with Crippen molar-refractivity contribution >= 4 is 10.0 Å². The number of hydrogen-bond donors (Lipinski definition) is 1. The van der Waals surface area contributed by atoms with Crippen LogP contribution < -0.4 is 5.32 Å². The highest BCUT2D eigenvalue weighted by molar-refractivity contribution is 7.89. The Kier molecular flexibility index (Phi) is 4.55. The maximum atomic E-state index is 11.9. The van der Waals surface area contributed by atoms with Crippen LogP contribution in [0.25, 0.3) is 0 Å². The molecule has 1 aliphatic rings. The maximum absolute atomic E-state index is 11.9. The Hall–Kier alpha value is -0.130. The van der Waals surface area contributed by atoms with Gasteiger partial charge in [0, 0.05) is 19.6 Å². The minimum absolute atomic E-state index is 0.222. The standard InChI is InChI=1S/C10H22N2O2S/c1-4-11-5-6-15(13,14)12-7-9(2)10(3)8-12/h9-11H,4-8H2,1-3H3. The SMILES string of the molecule is CCNCCS(=O)(=O)N1CC(C)C(C)C1. The summed E-state index contributed by atoms with van der Waals surface area (Å²) in [6.45, 7) is 8.97. The van der Waals surface area contributed by atoms with E-state index in [4.69, 9.17) is 0 Å². The Morgan fingerprint density at radius 2 is 1.80 bits per heavy atom. The molecule has 0 amide bonds. The molecule has 1 N–H and O–H groups in total. The highest BCUT2D eigenvalue weighted by atomic mass is 32.2. The third-order valence-electron chi connectivity index (χ3n) is 3.13. The predicted molar refractivity (Wildman–Crippen MR) is 62.2 cm³/mol. The Balaban J connectivity index is 2.48. The minimum atomic E-state index is -3.03. The molecule has 0 aromatic heterocycles. The van der Waals surface area contributed by atoms with Crippen LogP contribution in [0.4, 0.5) is 0 Å². The second kappa shape index (κ2) is 5.27. The zero-order valence-electron chi connectivity index (χ0n) is 9.86. The quantitative estimate of drug-likeness (QED) is 0.705. The third kappa shape index (κ3) is 3.43. The van der Waals surface area contributed by atoms with E-state index in [9.17, 15) is 8.42 Å². The first-order valence-corrected chi connectivity index (χ1v) is 7.26. The molecule has 0 saturated carbocycles. The number of nitrogens with one attached hydrogen (secondary N) is 1. The highest BCUT2D eigenvalue weighted by Crippen LogP contribution is 2.24. The van der Waals surface area contributed by atoms with E-state index in [1.54, 1.807) is 4.31 Å². The van der Waals surface area contributed by atoms with E-state index >= 15 is 0 Å². The first kappa shape index (κ1) is 12.9. The van der Waals surface area contributed by atoms with Crippen molar-refractivity contribution in [2.45, 2.75) is 20.8 Å². The number of hydrogen-bond acceptors (Lipinski definition) is 3. The van der Waals surface area contributed by atoms with Crippen molar-refractivity contribution in [2.75, 3.05) is 31.9 Å². The van der Waals surface area contributed by atoms with Gasteiger partial charge in [0.15, 0.2) is 0 Å². The van der Waals surface area contributed by atoms with E-state index < -0.39 is 10.0 Å². The fourth-order valence-electron chi connectivity index (χ4n) is 1.81. The van der Waals surface area contributed by atoms with Crippen molar-refractivity contribution in [1.82, 2.24) is 9.62 Å². The molecular formula is C10H22N2O2S. The Labute approximate surface area is 93.1 Å². The molecule has 1 saturated heterocycles. The molecule has 0 aliphatic carbocycles. The van der Waals surface area contributed by atoms with Gasteiger partial charge in [-0.2, -0.15) is 0 Å². The largest absolute Gasteiger partial charge is 0.316 e. The van der Waals surface area contributed by atoms with Crippen LogP contribution in [0.15, 0.2) is 0 Å². The van der Waals surface area contributed by atoms with Crippen molar-refractivity contribution in [1.29, 1.82) is 0 Å². The summed E-state index contributed by atoms with van der Waals surface area (Å²) in [5, 5.41) is 3.04. The normalized spacial score (nSPS) is 28.5. The zero-order chi connectivity index (χ0) is 11.5. The molecule has 2 atom stereocenters. The van der Waals surface area contributed by atoms with Gasteiger partial charge in [-0.1, -0.05) is 20.8 Å². The monoisotopic (exact) mass is 234 g/mol. The van der Waals surface area contributed by atoms with E-state index in [2.05, 4.69) is 19.2 Å². The summed E-state index contributed by atoms with van der Waals surface area (Å²) in [5.74, 6) is 1.19. The Morgan fingerprint density at radius 1 is 1.27 bits per heavy atom. The molecule has 0 aromatic carbocycles. The van der Waals surface area contributed by atoms with Crippen molar-refractivity contribution in [3.05, 3.63) is 0 Å². The lowest BCUT2D eigenvalue weighted by Crippen LogP contribution is -2.35. The number of rotatable bonds is 5. The highest BCUT2D eigenvalue weighted by Gasteiger charge is 2.33. The number of nitrogens with zero attached hydrogens (tertiary/aromatic N) is 1. The van der Waals surface area contributed by atoms with Gasteiger partial charge in [-0.15, -0.1) is 0 Å². The third-order valence-corrected chi connectivity index (χ3v) is 4.94. The fourth-order valence-corrected chi connectivity index (χ4v) is 3.40. The molecule has 90 valence electrons. The van der Waals surface area contributed by atoms with E-state index in [1.807, 2.05) is 6.92 Å². The van der Waals surface area contributed by atoms with E-state index in [1.165, 1.54) is 0 Å². The second-order valence-electron chi connectivity index (χ2n) is 4.44. The first-order valence-electron chi connectivity index (χ1n) is 5.66. The lowest BCUT2D eigenvalue weighted by molar-refractivity contribution is 0.462. The summed E-state index contributed by atoms with van der Waals surface area (Å²) < 4.78 is 25.4. The Morgan fingerprint density at radius 3 is 2.27 bits per heavy atom. The first-order chi connectivity index (χ1) is 6.97. The van der Waals surface area contributed by atoms with Gasteiger partial charge < -0.3 is 5.32 Å². The molecule has 1 aliphatic heterocycles. The van der Waals surface area contributed by atoms with Crippen molar-refractivity contribution in [3.63, 3.8) is 0 Å². The Bertz CT molecular complexity index is 280. The summed E-state index contributed by atoms with van der Waals surface area (Å²) in [6, 6.07) is 0. The van der Waals surface area contributed by atoms with Crippen LogP contribution in [-0.4, -0.2) is 44.7 Å². The molecule has 1 fully saturated rings. The van der Waals surface area contributed by atoms with Gasteiger partial charge in [0.2, 0.25) is 10.0 Å². The molecule has 5 heteroatoms. The molecule has 2 unspecified atom stereocenters. The van der Waals surface area contributed by atoms with Gasteiger partial charge in [-0.05, 0) is 18.4 Å². The maximum Gasteiger partial charge on any atom is 0.215 e. The van der Waals surface area contributed by atoms with Gasteiger partial charge in [0.25, 0.3) is 0 Å². The van der Waals surface area contributed by atoms with Crippen LogP contribution in [-0.2, 0) is 10.0 Å². The molecule has 1 rings (SSSR count). The molecule has 0 spiro atoms. The topological polar surface area (TPSA) is 49.4 Å². The minimum Gasteiger partial charge on any atom is -0.316 e. The van der Waals surface area contributed by atoms with Crippen LogP contribution in [0, 0.1) is 11.8 Å². The van der Waals surface area contributed by atoms with Gasteiger partial charge in [-0.25, -0.2) is 12.7 Å². The summed E-state index contributed by atoms with van der Waals surface area (Å²) >= 11 is 0. The second-order valence-corrected chi connectivity index (χ2v) is 6.53. The van der Waals surface area contributed by atoms with Crippen LogP contribution in [0.2, 0.25) is 0 Å². The van der Waals surface area contributed by atoms with Crippen LogP contribution in [0.5, 0.6) is 0 Å². The molecule has 4 nitrogen and oxygen atoms in total. The smallest absolute Gasteiger partial charge is 0.215 e. The number of sulfonamides is 1. The van der Waals surface area contributed by atoms with Gasteiger partial charge in [-0.3, -0.25) is 0 Å². The molecule has 0 radical (unpaired) electrons.